The monoisotopic (exact) mass is 317 g/mol. The van der Waals surface area contributed by atoms with E-state index in [1.165, 1.54) is 29.2 Å². The van der Waals surface area contributed by atoms with E-state index in [9.17, 15) is 10.1 Å². The molecule has 0 bridgehead atoms. The molecule has 0 N–H and O–H groups in total. The van der Waals surface area contributed by atoms with E-state index in [0.29, 0.717) is 13.7 Å². The molecule has 1 aromatic carbocycles. The summed E-state index contributed by atoms with van der Waals surface area (Å²) >= 11 is 5.79. The van der Waals surface area contributed by atoms with Gasteiger partial charge in [0.15, 0.2) is 4.34 Å². The Labute approximate surface area is 107 Å². The lowest BCUT2D eigenvalue weighted by Crippen LogP contribution is -1.90. The molecule has 0 saturated carbocycles. The van der Waals surface area contributed by atoms with Crippen molar-refractivity contribution in [3.8, 4) is 0 Å². The van der Waals surface area contributed by atoms with Gasteiger partial charge < -0.3 is 0 Å². The molecular weight excluding hydrogens is 314 g/mol. The number of hydrogen-bond acceptors (Lipinski definition) is 6. The van der Waals surface area contributed by atoms with Crippen LogP contribution >= 0.6 is 39.0 Å². The number of rotatable bonds is 3. The molecule has 2 rings (SSSR count). The van der Waals surface area contributed by atoms with Crippen LogP contribution < -0.4 is 0 Å². The number of hydrogen-bond donors (Lipinski definition) is 0. The van der Waals surface area contributed by atoms with Crippen molar-refractivity contribution in [2.75, 3.05) is 0 Å². The van der Waals surface area contributed by atoms with Crippen molar-refractivity contribution in [2.45, 2.75) is 9.24 Å². The molecule has 5 nitrogen and oxygen atoms in total. The molecule has 82 valence electrons. The first-order chi connectivity index (χ1) is 7.66. The Morgan fingerprint density at radius 2 is 2.31 bits per heavy atom. The zero-order valence-electron chi connectivity index (χ0n) is 7.66. The van der Waals surface area contributed by atoms with E-state index in [1.807, 2.05) is 0 Å². The van der Waals surface area contributed by atoms with E-state index in [2.05, 4.69) is 26.1 Å². The molecule has 1 heterocycles. The number of nitro groups is 1. The van der Waals surface area contributed by atoms with E-state index in [0.717, 1.165) is 0 Å². The van der Waals surface area contributed by atoms with E-state index >= 15 is 0 Å². The summed E-state index contributed by atoms with van der Waals surface area (Å²) in [5.41, 5.74) is 1.65. The van der Waals surface area contributed by atoms with Gasteiger partial charge in [-0.05, 0) is 12.1 Å². The van der Waals surface area contributed by atoms with Crippen molar-refractivity contribution in [3.05, 3.63) is 38.3 Å². The molecule has 0 fully saturated rings. The van der Waals surface area contributed by atoms with Gasteiger partial charge in [-0.1, -0.05) is 39.0 Å². The van der Waals surface area contributed by atoms with Crippen LogP contribution in [0.4, 0.5) is 5.69 Å². The van der Waals surface area contributed by atoms with Gasteiger partial charge in [0.2, 0.25) is 0 Å². The van der Waals surface area contributed by atoms with Crippen molar-refractivity contribution in [2.24, 2.45) is 0 Å². The second kappa shape index (κ2) is 4.89. The zero-order valence-corrected chi connectivity index (χ0v) is 10.9. The third-order valence-corrected chi connectivity index (χ3v) is 3.99. The molecule has 0 aliphatic heterocycles. The van der Waals surface area contributed by atoms with Crippen LogP contribution in [0.25, 0.3) is 0 Å². The van der Waals surface area contributed by atoms with Crippen LogP contribution in [-0.2, 0) is 0 Å². The highest BCUT2D eigenvalue weighted by molar-refractivity contribution is 9.10. The molecule has 0 spiro atoms. The summed E-state index contributed by atoms with van der Waals surface area (Å²) in [5, 5.41) is 18.4. The van der Waals surface area contributed by atoms with Gasteiger partial charge in [0.25, 0.3) is 5.69 Å². The van der Waals surface area contributed by atoms with Gasteiger partial charge in [0, 0.05) is 10.5 Å². The third kappa shape index (κ3) is 2.57. The van der Waals surface area contributed by atoms with Crippen LogP contribution in [0.5, 0.6) is 0 Å². The maximum absolute atomic E-state index is 10.8. The Hall–Kier alpha value is -0.990. The minimum absolute atomic E-state index is 0.0644. The second-order valence-corrected chi connectivity index (χ2v) is 5.71. The maximum Gasteiger partial charge on any atom is 0.284 e. The van der Waals surface area contributed by atoms with Crippen LogP contribution in [-0.4, -0.2) is 15.1 Å². The Morgan fingerprint density at radius 1 is 1.50 bits per heavy atom. The Balaban J connectivity index is 2.36. The minimum Gasteiger partial charge on any atom is -0.258 e. The lowest BCUT2D eigenvalue weighted by Gasteiger charge is -2.00. The fourth-order valence-electron chi connectivity index (χ4n) is 1.02. The molecule has 8 heteroatoms. The van der Waals surface area contributed by atoms with Crippen LogP contribution in [0.2, 0.25) is 0 Å². The van der Waals surface area contributed by atoms with Gasteiger partial charge in [0.1, 0.15) is 5.51 Å². The maximum atomic E-state index is 10.8. The first kappa shape index (κ1) is 11.5. The smallest absolute Gasteiger partial charge is 0.258 e. The molecular formula is C8H4BrN3O2S2. The van der Waals surface area contributed by atoms with Crippen molar-refractivity contribution in [3.63, 3.8) is 0 Å². The third-order valence-electron chi connectivity index (χ3n) is 1.65. The predicted molar refractivity (Wildman–Crippen MR) is 64.8 cm³/mol. The Bertz CT molecular complexity index is 518. The molecule has 0 atom stereocenters. The Morgan fingerprint density at radius 3 is 2.94 bits per heavy atom. The van der Waals surface area contributed by atoms with Gasteiger partial charge >= 0.3 is 0 Å². The molecule has 1 aromatic heterocycles. The molecule has 0 aliphatic rings. The first-order valence-electron chi connectivity index (χ1n) is 4.05. The lowest BCUT2D eigenvalue weighted by molar-refractivity contribution is -0.387. The molecule has 0 amide bonds. The molecule has 16 heavy (non-hydrogen) atoms. The number of benzene rings is 1. The van der Waals surface area contributed by atoms with Crippen molar-refractivity contribution in [1.29, 1.82) is 0 Å². The van der Waals surface area contributed by atoms with Gasteiger partial charge in [0.05, 0.1) is 9.82 Å². The van der Waals surface area contributed by atoms with E-state index in [1.54, 1.807) is 17.6 Å². The van der Waals surface area contributed by atoms with Gasteiger partial charge in [-0.25, -0.2) is 0 Å². The first-order valence-corrected chi connectivity index (χ1v) is 6.53. The van der Waals surface area contributed by atoms with Crippen LogP contribution in [0.3, 0.4) is 0 Å². The summed E-state index contributed by atoms with van der Waals surface area (Å²) in [6.07, 6.45) is 0. The SMILES string of the molecule is O=[N+]([O-])c1cc(Br)ccc1Sc1nncs1. The molecule has 0 aliphatic carbocycles. The van der Waals surface area contributed by atoms with Crippen LogP contribution in [0.15, 0.2) is 37.4 Å². The number of nitro benzene ring substituents is 1. The number of nitrogens with zero attached hydrogens (tertiary/aromatic N) is 3. The number of halogens is 1. The highest BCUT2D eigenvalue weighted by atomic mass is 79.9. The van der Waals surface area contributed by atoms with E-state index in [4.69, 9.17) is 0 Å². The van der Waals surface area contributed by atoms with Gasteiger partial charge in [-0.15, -0.1) is 10.2 Å². The zero-order chi connectivity index (χ0) is 11.5. The topological polar surface area (TPSA) is 68.9 Å². The summed E-state index contributed by atoms with van der Waals surface area (Å²) in [7, 11) is 0. The van der Waals surface area contributed by atoms with Gasteiger partial charge in [-0.3, -0.25) is 10.1 Å². The van der Waals surface area contributed by atoms with Crippen LogP contribution in [0, 0.1) is 10.1 Å². The predicted octanol–water partition coefficient (Wildman–Crippen LogP) is 3.36. The largest absolute Gasteiger partial charge is 0.284 e. The summed E-state index contributed by atoms with van der Waals surface area (Å²) in [5.74, 6) is 0. The highest BCUT2D eigenvalue weighted by Crippen LogP contribution is 2.36. The molecule has 0 saturated heterocycles. The fourth-order valence-corrected chi connectivity index (χ4v) is 2.89. The number of aromatic nitrogens is 2. The van der Waals surface area contributed by atoms with E-state index in [-0.39, 0.29) is 5.69 Å². The standard InChI is InChI=1S/C8H4BrN3O2S2/c9-5-1-2-7(6(3-5)12(13)14)16-8-11-10-4-15-8/h1-4H. The van der Waals surface area contributed by atoms with Crippen molar-refractivity contribution < 1.29 is 4.92 Å². The Kier molecular flexibility index (Phi) is 3.52. The summed E-state index contributed by atoms with van der Waals surface area (Å²) in [6.45, 7) is 0. The molecule has 0 unspecified atom stereocenters. The average molecular weight is 318 g/mol. The molecule has 2 aromatic rings. The quantitative estimate of drug-likeness (QED) is 0.641. The van der Waals surface area contributed by atoms with E-state index < -0.39 is 4.92 Å². The van der Waals surface area contributed by atoms with Crippen molar-refractivity contribution in [1.82, 2.24) is 10.2 Å². The fraction of sp³-hybridized carbons (Fsp3) is 0. The minimum atomic E-state index is -0.409. The second-order valence-electron chi connectivity index (χ2n) is 2.68. The van der Waals surface area contributed by atoms with Crippen LogP contribution in [0.1, 0.15) is 0 Å². The van der Waals surface area contributed by atoms with Crippen molar-refractivity contribution >= 4 is 44.7 Å². The normalized spacial score (nSPS) is 10.3. The average Bonchev–Trinajstić information content (AvgIpc) is 2.73. The molecule has 0 radical (unpaired) electrons. The summed E-state index contributed by atoms with van der Waals surface area (Å²) in [4.78, 5) is 11.0. The lowest BCUT2D eigenvalue weighted by atomic mass is 10.3. The summed E-state index contributed by atoms with van der Waals surface area (Å²) < 4.78 is 1.37. The summed E-state index contributed by atoms with van der Waals surface area (Å²) in [6, 6.07) is 4.92. The van der Waals surface area contributed by atoms with Gasteiger partial charge in [-0.2, -0.15) is 0 Å². The highest BCUT2D eigenvalue weighted by Gasteiger charge is 2.16.